The molecule has 3 aliphatic rings. The molecule has 0 saturated carbocycles. The maximum atomic E-state index is 15.4. The first-order valence-electron chi connectivity index (χ1n) is 19.6. The van der Waals surface area contributed by atoms with Gasteiger partial charge in [-0.25, -0.2) is 4.79 Å². The van der Waals surface area contributed by atoms with Gasteiger partial charge in [0.2, 0.25) is 0 Å². The minimum Gasteiger partial charge on any atom is -0.508 e. The number of morpholine rings is 1. The molecule has 296 valence electrons. The van der Waals surface area contributed by atoms with E-state index >= 15 is 4.79 Å². The molecule has 12 nitrogen and oxygen atoms in total. The molecule has 8 rings (SSSR count). The molecule has 1 atom stereocenters. The van der Waals surface area contributed by atoms with E-state index in [1.807, 2.05) is 41.6 Å². The van der Waals surface area contributed by atoms with E-state index in [1.165, 1.54) is 5.56 Å². The highest BCUT2D eigenvalue weighted by atomic mass is 16.6. The molecule has 0 radical (unpaired) electrons. The number of nitrogens with zero attached hydrogens (tertiary/aromatic N) is 6. The highest BCUT2D eigenvalue weighted by molar-refractivity contribution is 6.08. The molecule has 1 fully saturated rings. The van der Waals surface area contributed by atoms with Crippen LogP contribution in [-0.2, 0) is 37.7 Å². The third-order valence-electron chi connectivity index (χ3n) is 11.8. The summed E-state index contributed by atoms with van der Waals surface area (Å²) in [6, 6.07) is 29.1. The lowest BCUT2D eigenvalue weighted by molar-refractivity contribution is 0.0193. The Morgan fingerprint density at radius 1 is 0.879 bits per heavy atom. The normalized spacial score (nSPS) is 16.6. The molecular weight excluding hydrogens is 733 g/mol. The van der Waals surface area contributed by atoms with Gasteiger partial charge in [-0.05, 0) is 109 Å². The van der Waals surface area contributed by atoms with E-state index in [1.54, 1.807) is 65.4 Å². The summed E-state index contributed by atoms with van der Waals surface area (Å²) in [4.78, 5) is 50.4. The second-order valence-corrected chi connectivity index (χ2v) is 15.3. The van der Waals surface area contributed by atoms with Gasteiger partial charge in [0.1, 0.15) is 11.5 Å². The number of ether oxygens (including phenoxy) is 2. The van der Waals surface area contributed by atoms with Crippen LogP contribution in [0.3, 0.4) is 0 Å². The molecule has 1 saturated heterocycles. The van der Waals surface area contributed by atoms with E-state index in [0.29, 0.717) is 67.4 Å². The number of fused-ring (bicyclic) bond motifs is 2. The number of phenolic OH excluding ortho intramolecular Hbond substituents is 1. The van der Waals surface area contributed by atoms with Crippen LogP contribution in [0.2, 0.25) is 0 Å². The smallest absolute Gasteiger partial charge is 0.415 e. The number of carbonyl (C=O) groups excluding carboxylic acids is 3. The molecule has 58 heavy (non-hydrogen) atoms. The summed E-state index contributed by atoms with van der Waals surface area (Å²) in [5.41, 5.74) is 8.52. The molecule has 3 amide bonds. The monoisotopic (exact) mass is 778 g/mol. The van der Waals surface area contributed by atoms with Gasteiger partial charge in [0.05, 0.1) is 30.4 Å². The summed E-state index contributed by atoms with van der Waals surface area (Å²) < 4.78 is 13.3. The van der Waals surface area contributed by atoms with E-state index in [-0.39, 0.29) is 30.2 Å². The lowest BCUT2D eigenvalue weighted by atomic mass is 9.89. The topological polar surface area (TPSA) is 132 Å². The highest BCUT2D eigenvalue weighted by Gasteiger charge is 2.35. The molecule has 1 aromatic heterocycles. The predicted molar refractivity (Wildman–Crippen MR) is 219 cm³/mol. The van der Waals surface area contributed by atoms with Crippen LogP contribution in [0, 0.1) is 18.3 Å². The highest BCUT2D eigenvalue weighted by Crippen LogP contribution is 2.36. The fourth-order valence-corrected chi connectivity index (χ4v) is 8.29. The molecule has 0 aliphatic carbocycles. The van der Waals surface area contributed by atoms with Crippen LogP contribution in [0.5, 0.6) is 11.5 Å². The lowest BCUT2D eigenvalue weighted by Crippen LogP contribution is -2.52. The average Bonchev–Trinajstić information content (AvgIpc) is 3.55. The van der Waals surface area contributed by atoms with Gasteiger partial charge in [0.25, 0.3) is 11.8 Å². The molecule has 0 bridgehead atoms. The Kier molecular flexibility index (Phi) is 10.7. The van der Waals surface area contributed by atoms with E-state index in [4.69, 9.17) is 9.47 Å². The summed E-state index contributed by atoms with van der Waals surface area (Å²) >= 11 is 0. The number of amides is 3. The molecule has 1 N–H and O–H groups in total. The minimum absolute atomic E-state index is 0.0884. The van der Waals surface area contributed by atoms with Crippen LogP contribution in [0.1, 0.15) is 54.2 Å². The van der Waals surface area contributed by atoms with Crippen molar-refractivity contribution in [2.24, 2.45) is 7.05 Å². The Bertz CT molecular complexity index is 2410. The van der Waals surface area contributed by atoms with E-state index in [9.17, 15) is 20.0 Å². The summed E-state index contributed by atoms with van der Waals surface area (Å²) in [6.07, 6.45) is 0.749. The summed E-state index contributed by atoms with van der Waals surface area (Å²) in [5.74, 6) is 0.127. The predicted octanol–water partition coefficient (Wildman–Crippen LogP) is 6.31. The van der Waals surface area contributed by atoms with Crippen molar-refractivity contribution in [2.75, 3.05) is 51.3 Å². The number of phenols is 1. The zero-order valence-corrected chi connectivity index (χ0v) is 33.0. The number of anilines is 1. The largest absolute Gasteiger partial charge is 0.508 e. The fraction of sp³-hybridized carbons (Fsp3) is 0.304. The van der Waals surface area contributed by atoms with Crippen LogP contribution in [0.15, 0.2) is 91.0 Å². The minimum atomic E-state index is -0.510. The van der Waals surface area contributed by atoms with Crippen LogP contribution < -0.4 is 9.64 Å². The molecule has 0 spiro atoms. The van der Waals surface area contributed by atoms with Gasteiger partial charge in [0, 0.05) is 87.6 Å². The van der Waals surface area contributed by atoms with Crippen molar-refractivity contribution < 1.29 is 29.0 Å². The van der Waals surface area contributed by atoms with Crippen molar-refractivity contribution in [3.05, 3.63) is 136 Å². The van der Waals surface area contributed by atoms with E-state index < -0.39 is 6.09 Å². The maximum Gasteiger partial charge on any atom is 0.415 e. The number of nitriles is 1. The van der Waals surface area contributed by atoms with Gasteiger partial charge in [-0.3, -0.25) is 14.5 Å². The Balaban J connectivity index is 1.18. The number of hydrogen-bond donors (Lipinski definition) is 1. The Hall–Kier alpha value is -6.42. The zero-order valence-electron chi connectivity index (χ0n) is 33.0. The number of hydrogen-bond acceptors (Lipinski definition) is 8. The van der Waals surface area contributed by atoms with Gasteiger partial charge in [0.15, 0.2) is 0 Å². The van der Waals surface area contributed by atoms with Crippen molar-refractivity contribution >= 4 is 23.6 Å². The van der Waals surface area contributed by atoms with Gasteiger partial charge in [-0.15, -0.1) is 0 Å². The Morgan fingerprint density at radius 2 is 1.60 bits per heavy atom. The van der Waals surface area contributed by atoms with Crippen molar-refractivity contribution in [3.8, 4) is 28.8 Å². The lowest BCUT2D eigenvalue weighted by Gasteiger charge is -2.41. The standard InChI is InChI=1S/C46H46N6O6/c1-30-40(44(54)49(3)36-10-12-38(53)13-11-36)25-43(48(30)2)41-23-33-16-17-51(46(56)58-39-14-8-31(26-47)9-15-39)27-35(33)24-42(41)45(55)52-28-34-7-5-4-6-32(34)22-37(52)29-50-18-20-57-21-19-50/h4-15,23-25,37,53H,16-22,27-29H2,1-3H3/t37-/m0/s1. The average molecular weight is 779 g/mol. The van der Waals surface area contributed by atoms with Crippen molar-refractivity contribution in [3.63, 3.8) is 0 Å². The number of aromatic nitrogens is 1. The van der Waals surface area contributed by atoms with E-state index in [2.05, 4.69) is 35.2 Å². The fourth-order valence-electron chi connectivity index (χ4n) is 8.29. The first kappa shape index (κ1) is 38.5. The Morgan fingerprint density at radius 3 is 2.33 bits per heavy atom. The maximum absolute atomic E-state index is 15.4. The second kappa shape index (κ2) is 16.2. The van der Waals surface area contributed by atoms with Crippen molar-refractivity contribution in [2.45, 2.75) is 38.9 Å². The Labute approximate surface area is 338 Å². The summed E-state index contributed by atoms with van der Waals surface area (Å²) in [6.45, 7) is 6.65. The first-order valence-corrected chi connectivity index (χ1v) is 19.6. The van der Waals surface area contributed by atoms with Crippen LogP contribution in [0.4, 0.5) is 10.5 Å². The van der Waals surface area contributed by atoms with Gasteiger partial charge >= 0.3 is 6.09 Å². The summed E-state index contributed by atoms with van der Waals surface area (Å²) in [7, 11) is 3.62. The van der Waals surface area contributed by atoms with Gasteiger partial charge in [-0.2, -0.15) is 5.26 Å². The molecule has 0 unspecified atom stereocenters. The molecular formula is C46H46N6O6. The molecule has 4 heterocycles. The SMILES string of the molecule is Cc1c(C(=O)N(C)c2ccc(O)cc2)cc(-c2cc3c(cc2C(=O)N2Cc4ccccc4C[C@H]2CN2CCOCC2)CN(C(=O)Oc2ccc(C#N)cc2)CC3)n1C. The van der Waals surface area contributed by atoms with Crippen LogP contribution in [0.25, 0.3) is 11.3 Å². The molecule has 12 heteroatoms. The first-order chi connectivity index (χ1) is 28.1. The number of rotatable bonds is 7. The van der Waals surface area contributed by atoms with Crippen molar-refractivity contribution in [1.29, 1.82) is 5.26 Å². The van der Waals surface area contributed by atoms with Crippen molar-refractivity contribution in [1.82, 2.24) is 19.3 Å². The van der Waals surface area contributed by atoms with Crippen LogP contribution >= 0.6 is 0 Å². The molecule has 4 aromatic carbocycles. The number of benzene rings is 4. The van der Waals surface area contributed by atoms with Gasteiger partial charge in [-0.1, -0.05) is 24.3 Å². The molecule has 5 aromatic rings. The quantitative estimate of drug-likeness (QED) is 0.204. The van der Waals surface area contributed by atoms with E-state index in [0.717, 1.165) is 53.2 Å². The number of aromatic hydroxyl groups is 1. The van der Waals surface area contributed by atoms with Crippen LogP contribution in [-0.4, -0.2) is 94.8 Å². The zero-order chi connectivity index (χ0) is 40.5. The third-order valence-corrected chi connectivity index (χ3v) is 11.8. The second-order valence-electron chi connectivity index (χ2n) is 15.3. The van der Waals surface area contributed by atoms with Gasteiger partial charge < -0.3 is 33.8 Å². The third kappa shape index (κ3) is 7.66. The number of carbonyl (C=O) groups is 3. The summed E-state index contributed by atoms with van der Waals surface area (Å²) in [5, 5.41) is 19.0. The molecule has 3 aliphatic heterocycles.